The first-order valence-electron chi connectivity index (χ1n) is 8.25. The normalized spacial score (nSPS) is 14.8. The lowest BCUT2D eigenvalue weighted by Gasteiger charge is -2.18. The zero-order chi connectivity index (χ0) is 19.7. The average Bonchev–Trinajstić information content (AvgIpc) is 2.86. The van der Waals surface area contributed by atoms with Gasteiger partial charge in [-0.2, -0.15) is 8.42 Å². The van der Waals surface area contributed by atoms with Crippen LogP contribution < -0.4 is 24.7 Å². The van der Waals surface area contributed by atoms with Crippen LogP contribution in [-0.2, 0) is 21.4 Å². The molecule has 0 saturated carbocycles. The molecule has 0 radical (unpaired) electrons. The molecular weight excluding hydrogens is 370 g/mol. The maximum atomic E-state index is 12.2. The van der Waals surface area contributed by atoms with Crippen LogP contribution >= 0.6 is 0 Å². The van der Waals surface area contributed by atoms with Gasteiger partial charge in [-0.05, 0) is 38.1 Å². The Hall–Kier alpha value is -2.78. The molecule has 144 valence electrons. The van der Waals surface area contributed by atoms with Gasteiger partial charge in [-0.25, -0.2) is 5.14 Å². The summed E-state index contributed by atoms with van der Waals surface area (Å²) < 4.78 is 35.8. The van der Waals surface area contributed by atoms with Crippen LogP contribution in [0.4, 0.5) is 11.4 Å². The van der Waals surface area contributed by atoms with Crippen molar-refractivity contribution < 1.29 is 22.7 Å². The van der Waals surface area contributed by atoms with Gasteiger partial charge in [-0.3, -0.25) is 9.52 Å². The molecule has 1 amide bonds. The van der Waals surface area contributed by atoms with Crippen molar-refractivity contribution in [2.24, 2.45) is 5.14 Å². The molecule has 0 atom stereocenters. The first-order valence-corrected chi connectivity index (χ1v) is 9.80. The summed E-state index contributed by atoms with van der Waals surface area (Å²) in [5.41, 5.74) is 1.39. The lowest BCUT2D eigenvalue weighted by Crippen LogP contribution is -2.25. The van der Waals surface area contributed by atoms with Crippen molar-refractivity contribution in [2.75, 3.05) is 16.6 Å². The number of nitrogens with two attached hydrogens (primary N) is 1. The molecule has 2 aromatic carbocycles. The summed E-state index contributed by atoms with van der Waals surface area (Å²) in [7, 11) is -3.89. The summed E-state index contributed by atoms with van der Waals surface area (Å²) in [6.07, 6.45) is 0.773. The number of hydrogen-bond donors (Lipinski definition) is 3. The molecule has 0 unspecified atom stereocenters. The van der Waals surface area contributed by atoms with Gasteiger partial charge in [0.05, 0.1) is 5.69 Å². The van der Waals surface area contributed by atoms with Gasteiger partial charge < -0.3 is 14.8 Å². The maximum absolute atomic E-state index is 12.2. The number of fused-ring (bicyclic) bond motifs is 1. The molecule has 27 heavy (non-hydrogen) atoms. The van der Waals surface area contributed by atoms with Gasteiger partial charge in [0.15, 0.2) is 18.1 Å². The van der Waals surface area contributed by atoms with Crippen LogP contribution in [0.3, 0.4) is 0 Å². The number of hydrogen-bond acceptors (Lipinski definition) is 5. The number of para-hydroxylation sites is 1. The van der Waals surface area contributed by atoms with E-state index in [1.54, 1.807) is 18.2 Å². The van der Waals surface area contributed by atoms with Crippen LogP contribution in [0, 0.1) is 0 Å². The molecule has 8 nitrogen and oxygen atoms in total. The minimum Gasteiger partial charge on any atom is -0.483 e. The largest absolute Gasteiger partial charge is 0.483 e. The lowest BCUT2D eigenvalue weighted by molar-refractivity contribution is -0.118. The third kappa shape index (κ3) is 5.11. The standard InChI is InChI=1S/C18H21N3O5S/c1-18(2)10-12-5-3-8-15(17(12)26-18)25-11-16(22)20-13-6-4-7-14(9-13)21-27(19,23)24/h3-9,21H,10-11H2,1-2H3,(H,20,22)(H2,19,23,24). The minimum atomic E-state index is -3.89. The molecule has 0 aromatic heterocycles. The number of nitrogens with one attached hydrogen (secondary N) is 2. The monoisotopic (exact) mass is 391 g/mol. The Kier molecular flexibility index (Phi) is 4.99. The topological polar surface area (TPSA) is 120 Å². The molecule has 0 saturated heterocycles. The Balaban J connectivity index is 1.62. The zero-order valence-electron chi connectivity index (χ0n) is 15.0. The molecule has 4 N–H and O–H groups in total. The molecule has 0 fully saturated rings. The molecule has 0 spiro atoms. The maximum Gasteiger partial charge on any atom is 0.296 e. The second-order valence-electron chi connectivity index (χ2n) is 6.85. The van der Waals surface area contributed by atoms with E-state index >= 15 is 0 Å². The zero-order valence-corrected chi connectivity index (χ0v) is 15.8. The van der Waals surface area contributed by atoms with Crippen LogP contribution in [0.25, 0.3) is 0 Å². The highest BCUT2D eigenvalue weighted by Gasteiger charge is 2.32. The second kappa shape index (κ2) is 7.09. The smallest absolute Gasteiger partial charge is 0.296 e. The van der Waals surface area contributed by atoms with Crippen molar-refractivity contribution in [3.8, 4) is 11.5 Å². The van der Waals surface area contributed by atoms with E-state index in [2.05, 4.69) is 10.0 Å². The molecular formula is C18H21N3O5S. The van der Waals surface area contributed by atoms with Crippen LogP contribution in [-0.4, -0.2) is 26.5 Å². The van der Waals surface area contributed by atoms with Crippen molar-refractivity contribution in [1.82, 2.24) is 0 Å². The van der Waals surface area contributed by atoms with E-state index in [1.165, 1.54) is 12.1 Å². The number of ether oxygens (including phenoxy) is 2. The van der Waals surface area contributed by atoms with Gasteiger partial charge in [0.1, 0.15) is 5.60 Å². The summed E-state index contributed by atoms with van der Waals surface area (Å²) in [5.74, 6) is 0.783. The summed E-state index contributed by atoms with van der Waals surface area (Å²) >= 11 is 0. The van der Waals surface area contributed by atoms with Crippen molar-refractivity contribution in [3.63, 3.8) is 0 Å². The highest BCUT2D eigenvalue weighted by Crippen LogP contribution is 2.41. The van der Waals surface area contributed by atoms with E-state index in [-0.39, 0.29) is 17.9 Å². The predicted octanol–water partition coefficient (Wildman–Crippen LogP) is 2.03. The van der Waals surface area contributed by atoms with E-state index in [1.807, 2.05) is 26.0 Å². The summed E-state index contributed by atoms with van der Waals surface area (Å²) in [6.45, 7) is 3.77. The Morgan fingerprint density at radius 3 is 2.67 bits per heavy atom. The first-order chi connectivity index (χ1) is 12.6. The van der Waals surface area contributed by atoms with E-state index in [0.717, 1.165) is 12.0 Å². The molecule has 0 aliphatic carbocycles. The number of amides is 1. The van der Waals surface area contributed by atoms with Crippen molar-refractivity contribution in [1.29, 1.82) is 0 Å². The Bertz CT molecular complexity index is 973. The van der Waals surface area contributed by atoms with Gasteiger partial charge in [0.25, 0.3) is 16.1 Å². The quantitative estimate of drug-likeness (QED) is 0.696. The average molecular weight is 391 g/mol. The number of carbonyl (C=O) groups is 1. The van der Waals surface area contributed by atoms with E-state index in [4.69, 9.17) is 14.6 Å². The first kappa shape index (κ1) is 19.0. The van der Waals surface area contributed by atoms with E-state index in [0.29, 0.717) is 17.2 Å². The third-order valence-electron chi connectivity index (χ3n) is 3.82. The fraction of sp³-hybridized carbons (Fsp3) is 0.278. The fourth-order valence-electron chi connectivity index (χ4n) is 2.87. The van der Waals surface area contributed by atoms with Crippen molar-refractivity contribution in [3.05, 3.63) is 48.0 Å². The fourth-order valence-corrected chi connectivity index (χ4v) is 3.32. The summed E-state index contributed by atoms with van der Waals surface area (Å²) in [5, 5.41) is 7.58. The van der Waals surface area contributed by atoms with E-state index in [9.17, 15) is 13.2 Å². The van der Waals surface area contributed by atoms with Crippen LogP contribution in [0.5, 0.6) is 11.5 Å². The third-order valence-corrected chi connectivity index (χ3v) is 4.34. The molecule has 2 aromatic rings. The summed E-state index contributed by atoms with van der Waals surface area (Å²) in [4.78, 5) is 12.2. The van der Waals surface area contributed by atoms with Crippen LogP contribution in [0.1, 0.15) is 19.4 Å². The molecule has 0 bridgehead atoms. The van der Waals surface area contributed by atoms with Gasteiger partial charge >= 0.3 is 0 Å². The SMILES string of the molecule is CC1(C)Cc2cccc(OCC(=O)Nc3cccc(NS(N)(=O)=O)c3)c2O1. The Morgan fingerprint density at radius 2 is 1.93 bits per heavy atom. The van der Waals surface area contributed by atoms with Crippen molar-refractivity contribution >= 4 is 27.5 Å². The molecule has 9 heteroatoms. The number of rotatable bonds is 6. The molecule has 1 heterocycles. The highest BCUT2D eigenvalue weighted by molar-refractivity contribution is 7.90. The highest BCUT2D eigenvalue weighted by atomic mass is 32.2. The predicted molar refractivity (Wildman–Crippen MR) is 102 cm³/mol. The Labute approximate surface area is 157 Å². The molecule has 1 aliphatic rings. The van der Waals surface area contributed by atoms with Gasteiger partial charge in [0, 0.05) is 17.7 Å². The van der Waals surface area contributed by atoms with Gasteiger partial charge in [-0.15, -0.1) is 0 Å². The number of anilines is 2. The lowest BCUT2D eigenvalue weighted by atomic mass is 10.0. The van der Waals surface area contributed by atoms with Crippen LogP contribution in [0.2, 0.25) is 0 Å². The molecule has 3 rings (SSSR count). The summed E-state index contributed by atoms with van der Waals surface area (Å²) in [6, 6.07) is 11.8. The Morgan fingerprint density at radius 1 is 1.22 bits per heavy atom. The number of carbonyl (C=O) groups excluding carboxylic acids is 1. The minimum absolute atomic E-state index is 0.215. The van der Waals surface area contributed by atoms with E-state index < -0.39 is 16.1 Å². The van der Waals surface area contributed by atoms with Crippen LogP contribution in [0.15, 0.2) is 42.5 Å². The van der Waals surface area contributed by atoms with Gasteiger partial charge in [0.2, 0.25) is 0 Å². The second-order valence-corrected chi connectivity index (χ2v) is 8.14. The molecule has 1 aliphatic heterocycles. The van der Waals surface area contributed by atoms with Crippen molar-refractivity contribution in [2.45, 2.75) is 25.9 Å². The number of benzene rings is 2. The van der Waals surface area contributed by atoms with Gasteiger partial charge in [-0.1, -0.05) is 18.2 Å².